The third-order valence-corrected chi connectivity index (χ3v) is 5.36. The lowest BCUT2D eigenvalue weighted by atomic mass is 10.0. The van der Waals surface area contributed by atoms with Gasteiger partial charge in [-0.2, -0.15) is 0 Å². The number of Topliss-reactive ketones (excluding diaryl/α,β-unsaturated/α-hetero) is 1. The van der Waals surface area contributed by atoms with E-state index in [2.05, 4.69) is 15.9 Å². The van der Waals surface area contributed by atoms with Crippen LogP contribution in [0.2, 0.25) is 5.02 Å². The Labute approximate surface area is 180 Å². The molecular formula is C23H14BrClO4. The third kappa shape index (κ3) is 3.97. The highest BCUT2D eigenvalue weighted by atomic mass is 79.9. The summed E-state index contributed by atoms with van der Waals surface area (Å²) in [5, 5.41) is 0.445. The smallest absolute Gasteiger partial charge is 0.343 e. The molecule has 1 aliphatic rings. The van der Waals surface area contributed by atoms with E-state index < -0.39 is 5.97 Å². The third-order valence-electron chi connectivity index (χ3n) is 4.41. The van der Waals surface area contributed by atoms with Crippen LogP contribution in [-0.4, -0.2) is 11.8 Å². The number of rotatable bonds is 3. The van der Waals surface area contributed by atoms with Gasteiger partial charge in [0, 0.05) is 15.6 Å². The van der Waals surface area contributed by atoms with Crippen LogP contribution in [0.25, 0.3) is 6.08 Å². The van der Waals surface area contributed by atoms with E-state index in [1.54, 1.807) is 43.3 Å². The number of fused-ring (bicyclic) bond motifs is 1. The van der Waals surface area contributed by atoms with Crippen molar-refractivity contribution in [3.63, 3.8) is 0 Å². The van der Waals surface area contributed by atoms with Gasteiger partial charge in [-0.1, -0.05) is 51.8 Å². The van der Waals surface area contributed by atoms with Gasteiger partial charge in [0.05, 0.1) is 11.1 Å². The Morgan fingerprint density at radius 2 is 1.90 bits per heavy atom. The van der Waals surface area contributed by atoms with Crippen molar-refractivity contribution >= 4 is 45.4 Å². The van der Waals surface area contributed by atoms with E-state index in [-0.39, 0.29) is 11.5 Å². The zero-order chi connectivity index (χ0) is 20.5. The molecule has 0 unspecified atom stereocenters. The molecule has 6 heteroatoms. The lowest BCUT2D eigenvalue weighted by molar-refractivity contribution is 0.0734. The van der Waals surface area contributed by atoms with Gasteiger partial charge in [-0.05, 0) is 54.5 Å². The number of aryl methyl sites for hydroxylation is 1. The minimum Gasteiger partial charge on any atom is -0.452 e. The maximum Gasteiger partial charge on any atom is 0.343 e. The molecule has 0 amide bonds. The van der Waals surface area contributed by atoms with Crippen molar-refractivity contribution in [2.45, 2.75) is 6.92 Å². The molecule has 3 aromatic carbocycles. The molecule has 1 aliphatic heterocycles. The highest BCUT2D eigenvalue weighted by Gasteiger charge is 2.30. The number of halogens is 2. The van der Waals surface area contributed by atoms with Crippen molar-refractivity contribution in [2.75, 3.05) is 0 Å². The van der Waals surface area contributed by atoms with E-state index >= 15 is 0 Å². The first kappa shape index (κ1) is 19.4. The molecule has 1 heterocycles. The second-order valence-corrected chi connectivity index (χ2v) is 7.77. The van der Waals surface area contributed by atoms with Crippen molar-refractivity contribution in [3.05, 3.63) is 98.2 Å². The minimum atomic E-state index is -0.542. The van der Waals surface area contributed by atoms with Gasteiger partial charge in [0.25, 0.3) is 0 Å². The lowest BCUT2D eigenvalue weighted by Crippen LogP contribution is -2.08. The molecule has 4 nitrogen and oxygen atoms in total. The molecule has 3 aromatic rings. The SMILES string of the molecule is Cc1cc(OC(=O)c2cccc(Cl)c2)cc2c1C(=O)/C(=C/c1ccccc1Br)O2. The largest absolute Gasteiger partial charge is 0.452 e. The maximum atomic E-state index is 12.8. The predicted molar refractivity (Wildman–Crippen MR) is 115 cm³/mol. The maximum absolute atomic E-state index is 12.8. The van der Waals surface area contributed by atoms with Crippen LogP contribution in [0, 0.1) is 6.92 Å². The highest BCUT2D eigenvalue weighted by Crippen LogP contribution is 2.38. The Morgan fingerprint density at radius 1 is 1.10 bits per heavy atom. The molecule has 4 rings (SSSR count). The summed E-state index contributed by atoms with van der Waals surface area (Å²) >= 11 is 9.39. The molecule has 0 spiro atoms. The number of allylic oxidation sites excluding steroid dienone is 1. The van der Waals surface area contributed by atoms with Gasteiger partial charge in [-0.3, -0.25) is 4.79 Å². The van der Waals surface area contributed by atoms with E-state index in [9.17, 15) is 9.59 Å². The second-order valence-electron chi connectivity index (χ2n) is 6.47. The predicted octanol–water partition coefficient (Wildman–Crippen LogP) is 6.25. The van der Waals surface area contributed by atoms with Crippen molar-refractivity contribution in [2.24, 2.45) is 0 Å². The first-order valence-electron chi connectivity index (χ1n) is 8.73. The monoisotopic (exact) mass is 468 g/mol. The molecule has 0 N–H and O–H groups in total. The van der Waals surface area contributed by atoms with Gasteiger partial charge < -0.3 is 9.47 Å². The standard InChI is InChI=1S/C23H14BrClO4/c1-13-9-17(28-23(27)15-6-4-7-16(25)10-15)12-19-21(13)22(26)20(29-19)11-14-5-2-3-8-18(14)24/h2-12H,1H3/b20-11-. The Hall–Kier alpha value is -2.89. The molecule has 29 heavy (non-hydrogen) atoms. The number of carbonyl (C=O) groups excluding carboxylic acids is 2. The van der Waals surface area contributed by atoms with Crippen LogP contribution in [0.1, 0.15) is 31.8 Å². The summed E-state index contributed by atoms with van der Waals surface area (Å²) in [5.41, 5.74) is 2.29. The molecule has 0 saturated heterocycles. The number of ether oxygens (including phenoxy) is 2. The quantitative estimate of drug-likeness (QED) is 0.259. The Balaban J connectivity index is 1.63. The Kier molecular flexibility index (Phi) is 5.26. The van der Waals surface area contributed by atoms with Crippen molar-refractivity contribution < 1.29 is 19.1 Å². The van der Waals surface area contributed by atoms with Gasteiger partial charge in [0.2, 0.25) is 5.78 Å². The Bertz CT molecular complexity index is 1180. The van der Waals surface area contributed by atoms with Crippen LogP contribution in [0.5, 0.6) is 11.5 Å². The zero-order valence-corrected chi connectivity index (χ0v) is 17.6. The summed E-state index contributed by atoms with van der Waals surface area (Å²) in [5.74, 6) is 0.123. The Morgan fingerprint density at radius 3 is 2.66 bits per heavy atom. The van der Waals surface area contributed by atoms with Gasteiger partial charge >= 0.3 is 5.97 Å². The molecular weight excluding hydrogens is 456 g/mol. The average Bonchev–Trinajstić information content (AvgIpc) is 2.99. The van der Waals surface area contributed by atoms with E-state index in [1.165, 1.54) is 6.07 Å². The van der Waals surface area contributed by atoms with Gasteiger partial charge in [0.15, 0.2) is 5.76 Å². The fourth-order valence-electron chi connectivity index (χ4n) is 3.05. The van der Waals surface area contributed by atoms with E-state index in [1.807, 2.05) is 24.3 Å². The molecule has 0 aliphatic carbocycles. The van der Waals surface area contributed by atoms with Crippen molar-refractivity contribution in [1.29, 1.82) is 0 Å². The van der Waals surface area contributed by atoms with E-state index in [0.717, 1.165) is 10.0 Å². The van der Waals surface area contributed by atoms with Gasteiger partial charge in [0.1, 0.15) is 11.5 Å². The molecule has 0 aromatic heterocycles. The second kappa shape index (κ2) is 7.85. The number of esters is 1. The summed E-state index contributed by atoms with van der Waals surface area (Å²) in [6.07, 6.45) is 1.68. The fourth-order valence-corrected chi connectivity index (χ4v) is 3.64. The van der Waals surface area contributed by atoms with Crippen molar-refractivity contribution in [1.82, 2.24) is 0 Å². The summed E-state index contributed by atoms with van der Waals surface area (Å²) in [4.78, 5) is 25.2. The summed E-state index contributed by atoms with van der Waals surface area (Å²) in [6, 6.07) is 17.2. The zero-order valence-electron chi connectivity index (χ0n) is 15.2. The van der Waals surface area contributed by atoms with Crippen LogP contribution < -0.4 is 9.47 Å². The van der Waals surface area contributed by atoms with Crippen LogP contribution in [0.4, 0.5) is 0 Å². The average molecular weight is 470 g/mol. The van der Waals surface area contributed by atoms with E-state index in [4.69, 9.17) is 21.1 Å². The molecule has 0 atom stereocenters. The lowest BCUT2D eigenvalue weighted by Gasteiger charge is -2.08. The van der Waals surface area contributed by atoms with Crippen LogP contribution in [0.15, 0.2) is 70.9 Å². The van der Waals surface area contributed by atoms with Crippen LogP contribution in [0.3, 0.4) is 0 Å². The first-order chi connectivity index (χ1) is 13.9. The van der Waals surface area contributed by atoms with Gasteiger partial charge in [-0.15, -0.1) is 0 Å². The normalized spacial score (nSPS) is 13.9. The molecule has 0 saturated carbocycles. The minimum absolute atomic E-state index is 0.207. The molecule has 0 fully saturated rings. The number of benzene rings is 3. The summed E-state index contributed by atoms with van der Waals surface area (Å²) < 4.78 is 12.1. The summed E-state index contributed by atoms with van der Waals surface area (Å²) in [7, 11) is 0. The topological polar surface area (TPSA) is 52.6 Å². The molecule has 0 radical (unpaired) electrons. The van der Waals surface area contributed by atoms with E-state index in [0.29, 0.717) is 33.2 Å². The van der Waals surface area contributed by atoms with Crippen molar-refractivity contribution in [3.8, 4) is 11.5 Å². The summed E-state index contributed by atoms with van der Waals surface area (Å²) in [6.45, 7) is 1.78. The molecule has 144 valence electrons. The van der Waals surface area contributed by atoms with Crippen LogP contribution >= 0.6 is 27.5 Å². The highest BCUT2D eigenvalue weighted by molar-refractivity contribution is 9.10. The van der Waals surface area contributed by atoms with Crippen LogP contribution in [-0.2, 0) is 0 Å². The molecule has 0 bridgehead atoms. The first-order valence-corrected chi connectivity index (χ1v) is 9.90. The number of hydrogen-bond donors (Lipinski definition) is 0. The number of carbonyl (C=O) groups is 2. The number of ketones is 1. The fraction of sp³-hybridized carbons (Fsp3) is 0.0435. The van der Waals surface area contributed by atoms with Gasteiger partial charge in [-0.25, -0.2) is 4.79 Å². The number of hydrogen-bond acceptors (Lipinski definition) is 4.